The molecule has 0 radical (unpaired) electrons. The van der Waals surface area contributed by atoms with Crippen molar-refractivity contribution < 1.29 is 9.53 Å². The summed E-state index contributed by atoms with van der Waals surface area (Å²) in [7, 11) is 0. The van der Waals surface area contributed by atoms with Gasteiger partial charge < -0.3 is 4.74 Å². The number of piperidine rings is 2. The second kappa shape index (κ2) is 3.85. The first kappa shape index (κ1) is 9.75. The van der Waals surface area contributed by atoms with E-state index >= 15 is 0 Å². The van der Waals surface area contributed by atoms with Crippen LogP contribution in [0.2, 0.25) is 0 Å². The summed E-state index contributed by atoms with van der Waals surface area (Å²) in [4.78, 5) is 12.2. The third-order valence-electron chi connectivity index (χ3n) is 3.83. The molecule has 3 heterocycles. The fraction of sp³-hybridized carbons (Fsp3) is 0.909. The Morgan fingerprint density at radius 3 is 2.07 bits per heavy atom. The standard InChI is InChI=1S/C11H18N2O2/c14-9-7-3-1-5-12-10(7)15-11-8(9)4-2-6-13-11/h7-8,10-13H,1-6H2. The second-order valence-corrected chi connectivity index (χ2v) is 4.79. The van der Waals surface area contributed by atoms with Crippen LogP contribution in [0.15, 0.2) is 0 Å². The van der Waals surface area contributed by atoms with Gasteiger partial charge in [-0.1, -0.05) is 0 Å². The van der Waals surface area contributed by atoms with Crippen LogP contribution in [0.25, 0.3) is 0 Å². The molecule has 15 heavy (non-hydrogen) atoms. The lowest BCUT2D eigenvalue weighted by molar-refractivity contribution is -0.176. The molecule has 4 heteroatoms. The van der Waals surface area contributed by atoms with E-state index < -0.39 is 0 Å². The van der Waals surface area contributed by atoms with Crippen LogP contribution in [-0.2, 0) is 9.53 Å². The van der Waals surface area contributed by atoms with Crippen molar-refractivity contribution in [3.05, 3.63) is 0 Å². The molecule has 4 unspecified atom stereocenters. The van der Waals surface area contributed by atoms with Gasteiger partial charge in [0, 0.05) is 0 Å². The minimum atomic E-state index is -0.0295. The highest BCUT2D eigenvalue weighted by Gasteiger charge is 2.45. The Hall–Kier alpha value is -0.450. The van der Waals surface area contributed by atoms with Gasteiger partial charge >= 0.3 is 0 Å². The first-order chi connectivity index (χ1) is 7.36. The lowest BCUT2D eigenvalue weighted by Crippen LogP contribution is -2.61. The van der Waals surface area contributed by atoms with Crippen molar-refractivity contribution >= 4 is 5.78 Å². The normalized spacial score (nSPS) is 45.7. The number of ketones is 1. The van der Waals surface area contributed by atoms with Gasteiger partial charge in [-0.25, -0.2) is 0 Å². The molecule has 0 aromatic rings. The fourth-order valence-electron chi connectivity index (χ4n) is 3.02. The molecule has 2 N–H and O–H groups in total. The highest BCUT2D eigenvalue weighted by Crippen LogP contribution is 2.33. The van der Waals surface area contributed by atoms with Gasteiger partial charge in [-0.15, -0.1) is 0 Å². The van der Waals surface area contributed by atoms with E-state index in [1.807, 2.05) is 0 Å². The van der Waals surface area contributed by atoms with E-state index in [9.17, 15) is 4.79 Å². The van der Waals surface area contributed by atoms with E-state index in [1.54, 1.807) is 0 Å². The molecule has 0 aliphatic carbocycles. The maximum Gasteiger partial charge on any atom is 0.146 e. The average molecular weight is 210 g/mol. The predicted molar refractivity (Wildman–Crippen MR) is 55.1 cm³/mol. The molecule has 84 valence electrons. The van der Waals surface area contributed by atoms with E-state index in [4.69, 9.17) is 4.74 Å². The van der Waals surface area contributed by atoms with Crippen LogP contribution in [0, 0.1) is 11.8 Å². The van der Waals surface area contributed by atoms with Gasteiger partial charge in [0.2, 0.25) is 0 Å². The topological polar surface area (TPSA) is 50.4 Å². The Bertz CT molecular complexity index is 245. The smallest absolute Gasteiger partial charge is 0.146 e. The Kier molecular flexibility index (Phi) is 2.50. The van der Waals surface area contributed by atoms with Crippen molar-refractivity contribution in [3.63, 3.8) is 0 Å². The second-order valence-electron chi connectivity index (χ2n) is 4.79. The first-order valence-electron chi connectivity index (χ1n) is 6.02. The molecule has 0 aromatic heterocycles. The van der Waals surface area contributed by atoms with Crippen LogP contribution >= 0.6 is 0 Å². The van der Waals surface area contributed by atoms with Crippen LogP contribution in [0.1, 0.15) is 25.7 Å². The van der Waals surface area contributed by atoms with Crippen LogP contribution in [-0.4, -0.2) is 31.3 Å². The van der Waals surface area contributed by atoms with E-state index in [0.29, 0.717) is 5.78 Å². The van der Waals surface area contributed by atoms with Crippen LogP contribution in [0.3, 0.4) is 0 Å². The van der Waals surface area contributed by atoms with Crippen LogP contribution in [0.5, 0.6) is 0 Å². The summed E-state index contributed by atoms with van der Waals surface area (Å²) < 4.78 is 5.92. The highest BCUT2D eigenvalue weighted by molar-refractivity contribution is 5.85. The summed E-state index contributed by atoms with van der Waals surface area (Å²) >= 11 is 0. The number of carbonyl (C=O) groups is 1. The Morgan fingerprint density at radius 2 is 1.53 bits per heavy atom. The fourth-order valence-corrected chi connectivity index (χ4v) is 3.02. The third-order valence-corrected chi connectivity index (χ3v) is 3.83. The lowest BCUT2D eigenvalue weighted by Gasteiger charge is -2.45. The van der Waals surface area contributed by atoms with Gasteiger partial charge in [0.05, 0.1) is 11.8 Å². The minimum absolute atomic E-state index is 0.0295. The maximum absolute atomic E-state index is 12.2. The molecule has 3 aliphatic heterocycles. The highest BCUT2D eigenvalue weighted by atomic mass is 16.5. The number of ether oxygens (including phenoxy) is 1. The van der Waals surface area contributed by atoms with E-state index in [2.05, 4.69) is 10.6 Å². The number of rotatable bonds is 0. The quantitative estimate of drug-likeness (QED) is 0.601. The summed E-state index contributed by atoms with van der Waals surface area (Å²) in [5.74, 6) is 0.649. The van der Waals surface area contributed by atoms with Gasteiger partial charge in [0.25, 0.3) is 0 Å². The number of nitrogens with one attached hydrogen (secondary N) is 2. The summed E-state index contributed by atoms with van der Waals surface area (Å²) in [5, 5.41) is 6.60. The summed E-state index contributed by atoms with van der Waals surface area (Å²) in [6, 6.07) is 0. The summed E-state index contributed by atoms with van der Waals surface area (Å²) in [5.41, 5.74) is 0. The number of carbonyl (C=O) groups excluding carboxylic acids is 1. The van der Waals surface area contributed by atoms with E-state index in [0.717, 1.165) is 38.8 Å². The SMILES string of the molecule is O=C1C2CCCNC2OC2NCCCC12. The van der Waals surface area contributed by atoms with Crippen LogP contribution in [0.4, 0.5) is 0 Å². The zero-order chi connectivity index (χ0) is 10.3. The Balaban J connectivity index is 1.79. The summed E-state index contributed by atoms with van der Waals surface area (Å²) in [6.45, 7) is 1.96. The number of hydrogen-bond donors (Lipinski definition) is 2. The van der Waals surface area contributed by atoms with Crippen molar-refractivity contribution in [3.8, 4) is 0 Å². The van der Waals surface area contributed by atoms with E-state index in [1.165, 1.54) is 0 Å². The zero-order valence-corrected chi connectivity index (χ0v) is 8.87. The molecule has 4 atom stereocenters. The molecule has 3 aliphatic rings. The lowest BCUT2D eigenvalue weighted by atomic mass is 9.79. The van der Waals surface area contributed by atoms with E-state index in [-0.39, 0.29) is 24.3 Å². The minimum Gasteiger partial charge on any atom is -0.344 e. The Morgan fingerprint density at radius 1 is 1.00 bits per heavy atom. The van der Waals surface area contributed by atoms with Crippen LogP contribution < -0.4 is 10.6 Å². The van der Waals surface area contributed by atoms with Crippen molar-refractivity contribution in [2.75, 3.05) is 13.1 Å². The van der Waals surface area contributed by atoms with Crippen molar-refractivity contribution in [1.82, 2.24) is 10.6 Å². The first-order valence-corrected chi connectivity index (χ1v) is 6.02. The van der Waals surface area contributed by atoms with Gasteiger partial charge in [-0.2, -0.15) is 0 Å². The Labute approximate surface area is 89.7 Å². The number of Topliss-reactive ketones (excluding diaryl/α,β-unsaturated/α-hetero) is 1. The van der Waals surface area contributed by atoms with Gasteiger partial charge in [0.15, 0.2) is 0 Å². The van der Waals surface area contributed by atoms with Crippen molar-refractivity contribution in [1.29, 1.82) is 0 Å². The molecule has 3 rings (SSSR count). The average Bonchev–Trinajstić information content (AvgIpc) is 2.30. The van der Waals surface area contributed by atoms with Crippen molar-refractivity contribution in [2.45, 2.75) is 38.1 Å². The number of hydrogen-bond acceptors (Lipinski definition) is 4. The van der Waals surface area contributed by atoms with Crippen molar-refractivity contribution in [2.24, 2.45) is 11.8 Å². The molecule has 0 bridgehead atoms. The monoisotopic (exact) mass is 210 g/mol. The van der Waals surface area contributed by atoms with Gasteiger partial charge in [0.1, 0.15) is 18.2 Å². The zero-order valence-electron chi connectivity index (χ0n) is 8.87. The molecule has 4 nitrogen and oxygen atoms in total. The molecule has 0 amide bonds. The molecule has 0 saturated carbocycles. The molecule has 3 saturated heterocycles. The molecular weight excluding hydrogens is 192 g/mol. The largest absolute Gasteiger partial charge is 0.344 e. The maximum atomic E-state index is 12.2. The van der Waals surface area contributed by atoms with Gasteiger partial charge in [-0.05, 0) is 38.8 Å². The third kappa shape index (κ3) is 1.61. The number of fused-ring (bicyclic) bond motifs is 2. The molecular formula is C11H18N2O2. The molecule has 3 fully saturated rings. The predicted octanol–water partition coefficient (Wildman–Crippen LogP) is 0.237. The van der Waals surface area contributed by atoms with Gasteiger partial charge in [-0.3, -0.25) is 15.4 Å². The molecule has 0 spiro atoms. The molecule has 0 aromatic carbocycles. The summed E-state index contributed by atoms with van der Waals surface area (Å²) in [6.07, 6.45) is 4.14.